The lowest BCUT2D eigenvalue weighted by Crippen LogP contribution is -2.88. The maximum atomic E-state index is 8.74. The van der Waals surface area contributed by atoms with Crippen LogP contribution in [0.3, 0.4) is 0 Å². The molecule has 8 bridgehead atoms. The van der Waals surface area contributed by atoms with Crippen molar-refractivity contribution < 1.29 is 54.1 Å². The molecule has 6 aliphatic heterocycles. The molecule has 0 atom stereocenters. The molecule has 358 valence electrons. The molecule has 0 aromatic heterocycles. The van der Waals surface area contributed by atoms with Gasteiger partial charge in [-0.25, -0.2) is 0 Å². The molecule has 24 heteroatoms. The molecule has 1 aromatic carbocycles. The Balaban J connectivity index is 1.57. The van der Waals surface area contributed by atoms with Gasteiger partial charge in [0.25, 0.3) is 0 Å². The van der Waals surface area contributed by atoms with E-state index in [-0.39, 0.29) is 48.0 Å². The van der Waals surface area contributed by atoms with Crippen LogP contribution in [-0.4, -0.2) is 77.0 Å². The zero-order valence-electron chi connectivity index (χ0n) is 40.5. The zero-order chi connectivity index (χ0) is 46.1. The molecule has 7 rings (SSSR count). The van der Waals surface area contributed by atoms with Crippen LogP contribution in [0.2, 0.25) is 48.4 Å². The highest BCUT2D eigenvalue weighted by molar-refractivity contribution is 7.03. The summed E-state index contributed by atoms with van der Waals surface area (Å²) in [6.45, 7) is 31.0. The van der Waals surface area contributed by atoms with E-state index in [0.717, 1.165) is 11.3 Å². The summed E-state index contributed by atoms with van der Waals surface area (Å²) in [6, 6.07) is 11.3. The molecule has 0 spiro atoms. The lowest BCUT2D eigenvalue weighted by Gasteiger charge is -2.64. The van der Waals surface area contributed by atoms with E-state index in [0.29, 0.717) is 67.8 Å². The fraction of sp³-hybridized carbons (Fsp3) is 0.846. The second-order valence-corrected chi connectivity index (χ2v) is 45.3. The van der Waals surface area contributed by atoms with Crippen molar-refractivity contribution in [1.29, 1.82) is 0 Å². The van der Waals surface area contributed by atoms with Gasteiger partial charge in [0.2, 0.25) is 0 Å². The van der Waals surface area contributed by atoms with Crippen molar-refractivity contribution in [3.8, 4) is 5.75 Å². The minimum atomic E-state index is -4.03. The van der Waals surface area contributed by atoms with Gasteiger partial charge in [0.1, 0.15) is 5.75 Å². The predicted octanol–water partition coefficient (Wildman–Crippen LogP) is 11.0. The van der Waals surface area contributed by atoms with Gasteiger partial charge in [0, 0.05) is 53.3 Å². The van der Waals surface area contributed by atoms with E-state index in [2.05, 4.69) is 107 Å². The Hall–Kier alpha value is -0.415. The van der Waals surface area contributed by atoms with Gasteiger partial charge in [0.05, 0.1) is 13.2 Å². The average molecular weight is 1020 g/mol. The van der Waals surface area contributed by atoms with Crippen LogP contribution in [0.25, 0.3) is 10.4 Å². The topological polar surface area (TPSA) is 169 Å². The molecule has 6 heterocycles. The summed E-state index contributed by atoms with van der Waals surface area (Å²) in [5, 5.41) is 3.67. The summed E-state index contributed by atoms with van der Waals surface area (Å²) in [5.74, 6) is 1.43. The number of unbranched alkanes of at least 4 members (excludes halogenated alkanes) is 1. The van der Waals surface area contributed by atoms with Crippen molar-refractivity contribution >= 4 is 70.4 Å². The first kappa shape index (κ1) is 52.0. The van der Waals surface area contributed by atoms with E-state index in [1.807, 2.05) is 24.3 Å². The molecule has 6 aliphatic rings. The zero-order valence-corrected chi connectivity index (χ0v) is 48.5. The Labute approximate surface area is 386 Å². The minimum Gasteiger partial charge on any atom is -0.494 e. The van der Waals surface area contributed by atoms with Gasteiger partial charge in [-0.1, -0.05) is 114 Å². The summed E-state index contributed by atoms with van der Waals surface area (Å²) in [4.78, 5) is 2.87. The highest BCUT2D eigenvalue weighted by Crippen LogP contribution is 2.56. The Morgan fingerprint density at radius 2 is 0.698 bits per heavy atom. The number of ether oxygens (including phenoxy) is 1. The summed E-state index contributed by atoms with van der Waals surface area (Å²) < 4.78 is 100. The van der Waals surface area contributed by atoms with E-state index in [1.54, 1.807) is 0 Å². The molecule has 1 aromatic rings. The first-order valence-electron chi connectivity index (χ1n) is 23.6. The van der Waals surface area contributed by atoms with E-state index < -0.39 is 70.4 Å². The molecule has 0 N–H and O–H groups in total. The molecule has 0 saturated carbocycles. The van der Waals surface area contributed by atoms with Gasteiger partial charge < -0.3 is 54.1 Å². The Bertz CT molecular complexity index is 1590. The largest absolute Gasteiger partial charge is 0.494 e. The number of nitrogens with zero attached hydrogens (tertiary/aromatic N) is 3. The summed E-state index contributed by atoms with van der Waals surface area (Å²) in [6.07, 6.45) is 1.31. The fourth-order valence-corrected chi connectivity index (χ4v) is 61.0. The van der Waals surface area contributed by atoms with E-state index >= 15 is 0 Å². The first-order valence-corrected chi connectivity index (χ1v) is 39.0. The van der Waals surface area contributed by atoms with Crippen LogP contribution in [0.4, 0.5) is 0 Å². The standard InChI is InChI=1S/C39H77N3O13Si8/c1-31(2)24-57-44-56(22-16-15-21-43-39-19-17-38(18-20-39)23-41-42-40)45-58(25-32(3)4)49-60(47-57,27-34(7)8)53-63(30-37(13)14)54-61(48-57,28-35(9)10)50-59(46-56,26-33(5)6)52-62(51-58,55-63)29-36(11)12/h17-20,31-37H,15-16,21-30H2,1-14H3. The van der Waals surface area contributed by atoms with Crippen molar-refractivity contribution in [2.24, 2.45) is 46.5 Å². The highest BCUT2D eigenvalue weighted by Gasteiger charge is 2.83. The van der Waals surface area contributed by atoms with E-state index in [9.17, 15) is 0 Å². The van der Waals surface area contributed by atoms with E-state index in [1.165, 1.54) is 0 Å². The Kier molecular flexibility index (Phi) is 16.7. The highest BCUT2D eigenvalue weighted by atomic mass is 28.6. The van der Waals surface area contributed by atoms with Crippen LogP contribution in [0, 0.1) is 41.4 Å². The molecule has 0 aliphatic carbocycles. The molecule has 16 nitrogen and oxygen atoms in total. The first-order chi connectivity index (χ1) is 29.4. The van der Waals surface area contributed by atoms with Gasteiger partial charge in [-0.3, -0.25) is 0 Å². The Morgan fingerprint density at radius 3 is 0.952 bits per heavy atom. The van der Waals surface area contributed by atoms with Crippen molar-refractivity contribution in [2.45, 2.75) is 165 Å². The monoisotopic (exact) mass is 1020 g/mol. The second-order valence-electron chi connectivity index (χ2n) is 21.2. The van der Waals surface area contributed by atoms with Crippen LogP contribution < -0.4 is 4.74 Å². The van der Waals surface area contributed by atoms with Crippen LogP contribution in [0.15, 0.2) is 29.4 Å². The third-order valence-corrected chi connectivity index (χ3v) is 50.8. The molecule has 0 radical (unpaired) electrons. The van der Waals surface area contributed by atoms with Gasteiger partial charge in [-0.2, -0.15) is 0 Å². The van der Waals surface area contributed by atoms with Crippen molar-refractivity contribution in [3.63, 3.8) is 0 Å². The maximum Gasteiger partial charge on any atom is 0.479 e. The molecular formula is C39H77N3O13Si8. The fourth-order valence-electron chi connectivity index (χ4n) is 9.31. The minimum absolute atomic E-state index is 0.0910. The maximum absolute atomic E-state index is 8.74. The van der Waals surface area contributed by atoms with Crippen molar-refractivity contribution in [3.05, 3.63) is 40.3 Å². The quantitative estimate of drug-likeness (QED) is 0.0354. The molecular weight excluding hydrogens is 943 g/mol. The van der Waals surface area contributed by atoms with Crippen LogP contribution in [-0.2, 0) is 55.9 Å². The SMILES string of the molecule is CC(C)C[Si]12O[Si]3(CCCCOc4ccc(CN=[N+]=[N-])cc4)O[Si]4(CC(C)C)O[Si](CC(C)C)(O1)O[Si]1(CC(C)C)O[Si](CC(C)C)(O2)O[Si](CC(C)C)(O3)O[Si](CC(C)C)(O4)O1. The molecule has 0 unspecified atom stereocenters. The van der Waals surface area contributed by atoms with Gasteiger partial charge >= 0.3 is 70.4 Å². The predicted molar refractivity (Wildman–Crippen MR) is 255 cm³/mol. The van der Waals surface area contributed by atoms with Crippen LogP contribution >= 0.6 is 0 Å². The summed E-state index contributed by atoms with van der Waals surface area (Å²) >= 11 is 0. The number of benzene rings is 1. The smallest absolute Gasteiger partial charge is 0.479 e. The summed E-state index contributed by atoms with van der Waals surface area (Å²) in [5.41, 5.74) is 9.65. The number of hydrogen-bond donors (Lipinski definition) is 0. The molecule has 6 saturated heterocycles. The molecule has 63 heavy (non-hydrogen) atoms. The van der Waals surface area contributed by atoms with Gasteiger partial charge in [-0.05, 0) is 77.5 Å². The molecule has 6 fully saturated rings. The number of rotatable bonds is 22. The van der Waals surface area contributed by atoms with Crippen LogP contribution in [0.5, 0.6) is 5.75 Å². The van der Waals surface area contributed by atoms with Gasteiger partial charge in [-0.15, -0.1) is 0 Å². The third kappa shape index (κ3) is 13.0. The van der Waals surface area contributed by atoms with E-state index in [4.69, 9.17) is 59.6 Å². The molecule has 0 amide bonds. The van der Waals surface area contributed by atoms with Gasteiger partial charge in [0.15, 0.2) is 0 Å². The lowest BCUT2D eigenvalue weighted by molar-refractivity contribution is -0.0341. The lowest BCUT2D eigenvalue weighted by atomic mass is 10.2. The average Bonchev–Trinajstić information content (AvgIpc) is 3.05. The normalized spacial score (nSPS) is 36.3. The Morgan fingerprint density at radius 1 is 0.429 bits per heavy atom. The number of hydrogen-bond acceptors (Lipinski definition) is 14. The second kappa shape index (κ2) is 20.3. The summed E-state index contributed by atoms with van der Waals surface area (Å²) in [7, 11) is -31.8. The third-order valence-electron chi connectivity index (χ3n) is 10.7. The number of azide groups is 1. The van der Waals surface area contributed by atoms with Crippen molar-refractivity contribution in [2.75, 3.05) is 6.61 Å². The van der Waals surface area contributed by atoms with Crippen molar-refractivity contribution in [1.82, 2.24) is 0 Å². The van der Waals surface area contributed by atoms with Crippen LogP contribution in [0.1, 0.15) is 115 Å².